The summed E-state index contributed by atoms with van der Waals surface area (Å²) >= 11 is 0. The summed E-state index contributed by atoms with van der Waals surface area (Å²) in [5, 5.41) is 9.29. The molecule has 0 bridgehead atoms. The van der Waals surface area contributed by atoms with Crippen molar-refractivity contribution in [3.8, 4) is 0 Å². The monoisotopic (exact) mass is 268 g/mol. The minimum absolute atomic E-state index is 0.0771. The summed E-state index contributed by atoms with van der Waals surface area (Å²) in [4.78, 5) is 11.3. The van der Waals surface area contributed by atoms with Crippen molar-refractivity contribution in [3.05, 3.63) is 0 Å². The molecule has 1 fully saturated rings. The summed E-state index contributed by atoms with van der Waals surface area (Å²) in [7, 11) is 0. The van der Waals surface area contributed by atoms with Gasteiger partial charge in [-0.1, -0.05) is 71.1 Å². The van der Waals surface area contributed by atoms with Gasteiger partial charge in [0, 0.05) is 0 Å². The normalized spacial score (nSPS) is 17.7. The van der Waals surface area contributed by atoms with Gasteiger partial charge in [-0.2, -0.15) is 0 Å². The number of unbranched alkanes of at least 4 members (excludes halogenated alkanes) is 5. The third kappa shape index (κ3) is 7.59. The fourth-order valence-corrected chi connectivity index (χ4v) is 3.30. The van der Waals surface area contributed by atoms with Crippen LogP contribution in [0, 0.1) is 11.8 Å². The molecule has 0 aliphatic heterocycles. The van der Waals surface area contributed by atoms with Gasteiger partial charge in [0.1, 0.15) is 0 Å². The van der Waals surface area contributed by atoms with Crippen LogP contribution >= 0.6 is 0 Å². The molecule has 1 aliphatic rings. The van der Waals surface area contributed by atoms with Gasteiger partial charge in [0.15, 0.2) is 0 Å². The zero-order chi connectivity index (χ0) is 13.9. The largest absolute Gasteiger partial charge is 0.481 e. The molecule has 1 unspecified atom stereocenters. The van der Waals surface area contributed by atoms with E-state index >= 15 is 0 Å². The Balaban J connectivity index is 2.08. The Labute approximate surface area is 119 Å². The molecule has 2 heteroatoms. The summed E-state index contributed by atoms with van der Waals surface area (Å²) in [6.45, 7) is 2.23. The van der Waals surface area contributed by atoms with Crippen LogP contribution in [0.25, 0.3) is 0 Å². The molecule has 0 saturated heterocycles. The maximum Gasteiger partial charge on any atom is 0.306 e. The third-order valence-corrected chi connectivity index (χ3v) is 4.65. The van der Waals surface area contributed by atoms with Crippen molar-refractivity contribution in [2.45, 2.75) is 90.4 Å². The molecule has 1 rings (SSSR count). The van der Waals surface area contributed by atoms with Gasteiger partial charge >= 0.3 is 5.97 Å². The molecule has 1 saturated carbocycles. The van der Waals surface area contributed by atoms with Crippen LogP contribution in [-0.4, -0.2) is 11.1 Å². The molecule has 112 valence electrons. The Morgan fingerprint density at radius 1 is 1.05 bits per heavy atom. The van der Waals surface area contributed by atoms with Crippen molar-refractivity contribution in [3.63, 3.8) is 0 Å². The highest BCUT2D eigenvalue weighted by atomic mass is 16.4. The van der Waals surface area contributed by atoms with Gasteiger partial charge in [0.2, 0.25) is 0 Å². The molecule has 1 N–H and O–H groups in total. The second kappa shape index (κ2) is 10.3. The highest BCUT2D eigenvalue weighted by molar-refractivity contribution is 5.69. The summed E-state index contributed by atoms with van der Waals surface area (Å²) in [6, 6.07) is 0. The minimum Gasteiger partial charge on any atom is -0.481 e. The summed E-state index contributed by atoms with van der Waals surface area (Å²) in [5.41, 5.74) is 0. The van der Waals surface area contributed by atoms with E-state index in [-0.39, 0.29) is 5.92 Å². The fraction of sp³-hybridized carbons (Fsp3) is 0.941. The van der Waals surface area contributed by atoms with E-state index in [9.17, 15) is 9.90 Å². The highest BCUT2D eigenvalue weighted by Crippen LogP contribution is 2.30. The number of carboxylic acid groups (broad SMARTS) is 1. The van der Waals surface area contributed by atoms with Gasteiger partial charge in [-0.25, -0.2) is 0 Å². The first-order chi connectivity index (χ1) is 9.24. The molecule has 0 radical (unpaired) electrons. The van der Waals surface area contributed by atoms with E-state index in [2.05, 4.69) is 6.92 Å². The van der Waals surface area contributed by atoms with Gasteiger partial charge < -0.3 is 5.11 Å². The van der Waals surface area contributed by atoms with Crippen molar-refractivity contribution in [1.29, 1.82) is 0 Å². The molecule has 19 heavy (non-hydrogen) atoms. The number of hydrogen-bond donors (Lipinski definition) is 1. The van der Waals surface area contributed by atoms with Crippen LogP contribution in [-0.2, 0) is 4.79 Å². The topological polar surface area (TPSA) is 37.3 Å². The van der Waals surface area contributed by atoms with Crippen molar-refractivity contribution in [2.75, 3.05) is 0 Å². The quantitative estimate of drug-likeness (QED) is 0.509. The number of carbonyl (C=O) groups is 1. The van der Waals surface area contributed by atoms with Gasteiger partial charge in [-0.3, -0.25) is 4.79 Å². The van der Waals surface area contributed by atoms with Crippen LogP contribution in [0.3, 0.4) is 0 Å². The molecule has 0 amide bonds. The third-order valence-electron chi connectivity index (χ3n) is 4.65. The maximum atomic E-state index is 11.3. The predicted molar refractivity (Wildman–Crippen MR) is 80.3 cm³/mol. The number of hydrogen-bond acceptors (Lipinski definition) is 1. The molecule has 0 spiro atoms. The van der Waals surface area contributed by atoms with E-state index < -0.39 is 5.97 Å². The Morgan fingerprint density at radius 3 is 2.32 bits per heavy atom. The second-order valence-corrected chi connectivity index (χ2v) is 6.32. The molecule has 0 aromatic heterocycles. The summed E-state index contributed by atoms with van der Waals surface area (Å²) in [6.07, 6.45) is 15.9. The lowest BCUT2D eigenvalue weighted by atomic mass is 9.91. The molecular weight excluding hydrogens is 236 g/mol. The highest BCUT2D eigenvalue weighted by Gasteiger charge is 2.21. The van der Waals surface area contributed by atoms with Crippen molar-refractivity contribution < 1.29 is 9.90 Å². The zero-order valence-electron chi connectivity index (χ0n) is 12.7. The van der Waals surface area contributed by atoms with Gasteiger partial charge in [0.25, 0.3) is 0 Å². The van der Waals surface area contributed by atoms with E-state index in [1.54, 1.807) is 0 Å². The number of aliphatic carboxylic acids is 1. The molecule has 0 aromatic rings. The predicted octanol–water partition coefficient (Wildman–Crippen LogP) is 5.41. The molecular formula is C17H32O2. The van der Waals surface area contributed by atoms with E-state index in [0.29, 0.717) is 0 Å². The Morgan fingerprint density at radius 2 is 1.68 bits per heavy atom. The van der Waals surface area contributed by atoms with Crippen LogP contribution in [0.2, 0.25) is 0 Å². The zero-order valence-corrected chi connectivity index (χ0v) is 12.7. The van der Waals surface area contributed by atoms with Crippen molar-refractivity contribution >= 4 is 5.97 Å². The second-order valence-electron chi connectivity index (χ2n) is 6.32. The average molecular weight is 268 g/mol. The fourth-order valence-electron chi connectivity index (χ4n) is 3.30. The first-order valence-electron chi connectivity index (χ1n) is 8.46. The Bertz CT molecular complexity index is 231. The van der Waals surface area contributed by atoms with E-state index in [0.717, 1.165) is 31.6 Å². The van der Waals surface area contributed by atoms with Crippen LogP contribution < -0.4 is 0 Å². The molecule has 0 heterocycles. The lowest BCUT2D eigenvalue weighted by molar-refractivity contribution is -0.142. The van der Waals surface area contributed by atoms with E-state index in [1.165, 1.54) is 57.8 Å². The van der Waals surface area contributed by atoms with Crippen LogP contribution in [0.4, 0.5) is 0 Å². The SMILES string of the molecule is CCCCCCCCC(CCC1CCCC1)C(=O)O. The molecule has 2 nitrogen and oxygen atoms in total. The van der Waals surface area contributed by atoms with Crippen LogP contribution in [0.5, 0.6) is 0 Å². The lowest BCUT2D eigenvalue weighted by Gasteiger charge is -2.15. The van der Waals surface area contributed by atoms with Gasteiger partial charge in [-0.05, 0) is 25.2 Å². The number of rotatable bonds is 11. The van der Waals surface area contributed by atoms with Crippen molar-refractivity contribution in [2.24, 2.45) is 11.8 Å². The Kier molecular flexibility index (Phi) is 8.94. The number of carboxylic acids is 1. The smallest absolute Gasteiger partial charge is 0.306 e. The Hall–Kier alpha value is -0.530. The molecule has 1 atom stereocenters. The minimum atomic E-state index is -0.563. The van der Waals surface area contributed by atoms with Crippen LogP contribution in [0.1, 0.15) is 90.4 Å². The first-order valence-corrected chi connectivity index (χ1v) is 8.46. The summed E-state index contributed by atoms with van der Waals surface area (Å²) < 4.78 is 0. The standard InChI is InChI=1S/C17H32O2/c1-2-3-4-5-6-7-12-16(17(18)19)14-13-15-10-8-9-11-15/h15-16H,2-14H2,1H3,(H,18,19). The van der Waals surface area contributed by atoms with Gasteiger partial charge in [-0.15, -0.1) is 0 Å². The molecule has 1 aliphatic carbocycles. The average Bonchev–Trinajstić information content (AvgIpc) is 2.89. The van der Waals surface area contributed by atoms with Crippen molar-refractivity contribution in [1.82, 2.24) is 0 Å². The van der Waals surface area contributed by atoms with Gasteiger partial charge in [0.05, 0.1) is 5.92 Å². The van der Waals surface area contributed by atoms with E-state index in [4.69, 9.17) is 0 Å². The lowest BCUT2D eigenvalue weighted by Crippen LogP contribution is -2.15. The summed E-state index contributed by atoms with van der Waals surface area (Å²) in [5.74, 6) is 0.185. The maximum absolute atomic E-state index is 11.3. The molecule has 0 aromatic carbocycles. The van der Waals surface area contributed by atoms with Crippen LogP contribution in [0.15, 0.2) is 0 Å². The first kappa shape index (κ1) is 16.5. The van der Waals surface area contributed by atoms with E-state index in [1.807, 2.05) is 0 Å².